The maximum absolute atomic E-state index is 12.6. The lowest BCUT2D eigenvalue weighted by molar-refractivity contribution is 0.0879. The van der Waals surface area contributed by atoms with Crippen molar-refractivity contribution in [1.29, 1.82) is 0 Å². The number of rotatable bonds is 6. The molecule has 7 nitrogen and oxygen atoms in total. The lowest BCUT2D eigenvalue weighted by atomic mass is 9.94. The fourth-order valence-electron chi connectivity index (χ4n) is 3.80. The molecule has 0 aliphatic carbocycles. The van der Waals surface area contributed by atoms with Crippen LogP contribution in [0.15, 0.2) is 36.4 Å². The number of hydrogen-bond donors (Lipinski definition) is 2. The second-order valence-electron chi connectivity index (χ2n) is 6.76. The molecule has 0 spiro atoms. The van der Waals surface area contributed by atoms with Crippen LogP contribution in [-0.4, -0.2) is 36.0 Å². The summed E-state index contributed by atoms with van der Waals surface area (Å²) >= 11 is 6.38. The maximum atomic E-state index is 12.6. The molecule has 0 bridgehead atoms. The molecule has 0 saturated carbocycles. The highest BCUT2D eigenvalue weighted by atomic mass is 35.5. The van der Waals surface area contributed by atoms with Crippen LogP contribution < -0.4 is 11.1 Å². The van der Waals surface area contributed by atoms with Gasteiger partial charge >= 0.3 is 0 Å². The van der Waals surface area contributed by atoms with Crippen molar-refractivity contribution in [2.75, 3.05) is 13.7 Å². The summed E-state index contributed by atoms with van der Waals surface area (Å²) in [6.45, 7) is 0.963. The van der Waals surface area contributed by atoms with Gasteiger partial charge in [0.2, 0.25) is 0 Å². The van der Waals surface area contributed by atoms with E-state index in [1.54, 1.807) is 48.1 Å². The zero-order chi connectivity index (χ0) is 20.7. The van der Waals surface area contributed by atoms with Crippen molar-refractivity contribution in [3.63, 3.8) is 0 Å². The van der Waals surface area contributed by atoms with Crippen LogP contribution in [0.2, 0.25) is 5.02 Å². The topological polar surface area (TPSA) is 103 Å². The number of benzene rings is 2. The number of ether oxygens (including phenoxy) is 1. The Morgan fingerprint density at radius 2 is 1.90 bits per heavy atom. The monoisotopic (exact) mass is 413 g/mol. The van der Waals surface area contributed by atoms with E-state index in [1.165, 1.54) is 0 Å². The number of nitrogens with two attached hydrogens (primary N) is 1. The number of carbonyl (C=O) groups excluding carboxylic acids is 3. The third-order valence-electron chi connectivity index (χ3n) is 5.04. The van der Waals surface area contributed by atoms with Crippen LogP contribution in [0.1, 0.15) is 39.1 Å². The molecule has 3 aromatic rings. The molecule has 4 rings (SSSR count). The molecule has 1 aliphatic rings. The van der Waals surface area contributed by atoms with E-state index in [2.05, 4.69) is 5.32 Å². The number of aromatic nitrogens is 1. The first-order valence-electron chi connectivity index (χ1n) is 9.03. The van der Waals surface area contributed by atoms with E-state index < -0.39 is 17.7 Å². The van der Waals surface area contributed by atoms with Gasteiger partial charge in [0.05, 0.1) is 16.6 Å². The van der Waals surface area contributed by atoms with E-state index in [4.69, 9.17) is 22.1 Å². The van der Waals surface area contributed by atoms with Crippen LogP contribution in [0, 0.1) is 0 Å². The minimum atomic E-state index is -0.614. The number of hydrogen-bond acceptors (Lipinski definition) is 4. The molecule has 2 aromatic carbocycles. The molecule has 0 unspecified atom stereocenters. The quantitative estimate of drug-likeness (QED) is 0.478. The number of methoxy groups -OCH3 is 1. The van der Waals surface area contributed by atoms with E-state index in [1.807, 2.05) is 0 Å². The number of nitrogens with zero attached hydrogens (tertiary/aromatic N) is 1. The van der Waals surface area contributed by atoms with Gasteiger partial charge in [0, 0.05) is 37.7 Å². The Bertz CT molecular complexity index is 1190. The Hall–Kier alpha value is -3.16. The fraction of sp³-hybridized carbons (Fsp3) is 0.190. The lowest BCUT2D eigenvalue weighted by Gasteiger charge is -2.13. The number of fused-ring (bicyclic) bond motifs is 3. The molecular formula is C21H20ClN3O4. The van der Waals surface area contributed by atoms with Crippen molar-refractivity contribution >= 4 is 40.2 Å². The lowest BCUT2D eigenvalue weighted by Crippen LogP contribution is -2.20. The first kappa shape index (κ1) is 19.2. The highest BCUT2D eigenvalue weighted by molar-refractivity contribution is 6.35. The number of halogens is 1. The minimum Gasteiger partial charge on any atom is -0.385 e. The Kier molecular flexibility index (Phi) is 4.86. The van der Waals surface area contributed by atoms with Gasteiger partial charge in [-0.2, -0.15) is 0 Å². The summed E-state index contributed by atoms with van der Waals surface area (Å²) in [6, 6.07) is 10.4. The van der Waals surface area contributed by atoms with Crippen LogP contribution in [0.25, 0.3) is 22.0 Å². The molecular weight excluding hydrogens is 394 g/mol. The number of primary amides is 1. The standard InChI is InChI=1S/C21H18ClN3O4.H2/c1-29-8-4-7-25-15-9-12(11-5-2-3-6-14(11)22)17-18(21(28)24-20(17)27)13(15)10-16(25)19(23)26;/h2-3,5-6,9-10H,4,7-8H2,1H3,(H2,23,26)(H,24,27,28);1H. The molecule has 3 amide bonds. The van der Waals surface area contributed by atoms with Crippen LogP contribution in [0.4, 0.5) is 0 Å². The minimum absolute atomic E-state index is 0. The van der Waals surface area contributed by atoms with Gasteiger partial charge in [-0.3, -0.25) is 19.7 Å². The number of imide groups is 1. The van der Waals surface area contributed by atoms with Crippen LogP contribution in [-0.2, 0) is 11.3 Å². The summed E-state index contributed by atoms with van der Waals surface area (Å²) < 4.78 is 6.87. The van der Waals surface area contributed by atoms with Gasteiger partial charge in [-0.25, -0.2) is 0 Å². The van der Waals surface area contributed by atoms with Crippen molar-refractivity contribution in [3.05, 3.63) is 58.2 Å². The first-order chi connectivity index (χ1) is 13.9. The molecule has 150 valence electrons. The van der Waals surface area contributed by atoms with Crippen molar-refractivity contribution in [2.24, 2.45) is 5.73 Å². The molecule has 0 atom stereocenters. The van der Waals surface area contributed by atoms with Gasteiger partial charge in [0.15, 0.2) is 0 Å². The average molecular weight is 414 g/mol. The maximum Gasteiger partial charge on any atom is 0.265 e. The SMILES string of the molecule is COCCCn1c(C(N)=O)cc2c3c(c(-c4ccccc4Cl)cc21)C(=O)NC3=O.[HH]. The highest BCUT2D eigenvalue weighted by Crippen LogP contribution is 2.39. The summed E-state index contributed by atoms with van der Waals surface area (Å²) in [5, 5.41) is 3.31. The fourth-order valence-corrected chi connectivity index (χ4v) is 4.04. The van der Waals surface area contributed by atoms with Gasteiger partial charge in [0.25, 0.3) is 17.7 Å². The predicted octanol–water partition coefficient (Wildman–Crippen LogP) is 3.23. The smallest absolute Gasteiger partial charge is 0.265 e. The summed E-state index contributed by atoms with van der Waals surface area (Å²) in [6.07, 6.45) is 0.643. The Labute approximate surface area is 172 Å². The largest absolute Gasteiger partial charge is 0.385 e. The number of aryl methyl sites for hydroxylation is 1. The number of amides is 3. The molecule has 29 heavy (non-hydrogen) atoms. The zero-order valence-electron chi connectivity index (χ0n) is 15.6. The highest BCUT2D eigenvalue weighted by Gasteiger charge is 2.34. The van der Waals surface area contributed by atoms with E-state index >= 15 is 0 Å². The summed E-state index contributed by atoms with van der Waals surface area (Å²) in [7, 11) is 1.60. The van der Waals surface area contributed by atoms with E-state index in [9.17, 15) is 14.4 Å². The Balaban J connectivity index is 0.00000256. The second kappa shape index (κ2) is 7.35. The van der Waals surface area contributed by atoms with E-state index in [0.29, 0.717) is 46.6 Å². The number of carbonyl (C=O) groups is 3. The third kappa shape index (κ3) is 3.08. The van der Waals surface area contributed by atoms with E-state index in [0.717, 1.165) is 0 Å². The first-order valence-corrected chi connectivity index (χ1v) is 9.41. The van der Waals surface area contributed by atoms with Crippen molar-refractivity contribution < 1.29 is 20.5 Å². The van der Waals surface area contributed by atoms with Gasteiger partial charge in [-0.1, -0.05) is 29.8 Å². The summed E-state index contributed by atoms with van der Waals surface area (Å²) in [5.41, 5.74) is 8.12. The van der Waals surface area contributed by atoms with Crippen molar-refractivity contribution in [3.8, 4) is 11.1 Å². The second-order valence-corrected chi connectivity index (χ2v) is 7.17. The van der Waals surface area contributed by atoms with Crippen molar-refractivity contribution in [2.45, 2.75) is 13.0 Å². The molecule has 3 N–H and O–H groups in total. The Morgan fingerprint density at radius 3 is 2.59 bits per heavy atom. The van der Waals surface area contributed by atoms with Gasteiger partial charge in [0.1, 0.15) is 5.69 Å². The molecule has 0 saturated heterocycles. The molecule has 0 fully saturated rings. The number of nitrogens with one attached hydrogen (secondary N) is 1. The third-order valence-corrected chi connectivity index (χ3v) is 5.37. The predicted molar refractivity (Wildman–Crippen MR) is 111 cm³/mol. The van der Waals surface area contributed by atoms with Crippen molar-refractivity contribution in [1.82, 2.24) is 9.88 Å². The van der Waals surface area contributed by atoms with Crippen LogP contribution in [0.5, 0.6) is 0 Å². The summed E-state index contributed by atoms with van der Waals surface area (Å²) in [5.74, 6) is -1.61. The molecule has 0 radical (unpaired) electrons. The molecule has 1 aliphatic heterocycles. The van der Waals surface area contributed by atoms with Gasteiger partial charge in [-0.15, -0.1) is 0 Å². The van der Waals surface area contributed by atoms with Crippen LogP contribution in [0.3, 0.4) is 0 Å². The van der Waals surface area contributed by atoms with Crippen LogP contribution >= 0.6 is 11.6 Å². The summed E-state index contributed by atoms with van der Waals surface area (Å²) in [4.78, 5) is 37.2. The van der Waals surface area contributed by atoms with Gasteiger partial charge in [-0.05, 0) is 30.2 Å². The zero-order valence-corrected chi connectivity index (χ0v) is 16.4. The van der Waals surface area contributed by atoms with Gasteiger partial charge < -0.3 is 15.0 Å². The van der Waals surface area contributed by atoms with E-state index in [-0.39, 0.29) is 18.2 Å². The normalized spacial score (nSPS) is 13.0. The Morgan fingerprint density at radius 1 is 1.17 bits per heavy atom. The molecule has 8 heteroatoms. The molecule has 2 heterocycles. The average Bonchev–Trinajstić information content (AvgIpc) is 3.19. The molecule has 1 aromatic heterocycles.